The molecule has 10 nitrogen and oxygen atoms in total. The minimum Gasteiger partial charge on any atom is -0.380 e. The van der Waals surface area contributed by atoms with Gasteiger partial charge >= 0.3 is 0 Å². The van der Waals surface area contributed by atoms with E-state index in [1.54, 1.807) is 29.9 Å². The highest BCUT2D eigenvalue weighted by Gasteiger charge is 2.18. The largest absolute Gasteiger partial charge is 0.380 e. The van der Waals surface area contributed by atoms with Crippen LogP contribution < -0.4 is 16.5 Å². The van der Waals surface area contributed by atoms with Crippen molar-refractivity contribution in [2.75, 3.05) is 5.73 Å². The highest BCUT2D eigenvalue weighted by molar-refractivity contribution is 5.96. The number of hydrogen-bond acceptors (Lipinski definition) is 7. The first kappa shape index (κ1) is 19.0. The van der Waals surface area contributed by atoms with Gasteiger partial charge in [0.25, 0.3) is 11.8 Å². The topological polar surface area (TPSA) is 148 Å². The fourth-order valence-electron chi connectivity index (χ4n) is 2.94. The number of nitrogens with two attached hydrogens (primary N) is 1. The number of nitrogens with one attached hydrogen (secondary N) is 2. The molecular formula is C20H17N7O3. The summed E-state index contributed by atoms with van der Waals surface area (Å²) < 4.78 is 0. The lowest BCUT2D eigenvalue weighted by Gasteiger charge is -2.05. The molecule has 0 saturated carbocycles. The van der Waals surface area contributed by atoms with E-state index in [4.69, 9.17) is 10.9 Å². The number of anilines is 1. The number of benzene rings is 2. The highest BCUT2D eigenvalue weighted by Crippen LogP contribution is 2.20. The van der Waals surface area contributed by atoms with Gasteiger partial charge in [0.2, 0.25) is 0 Å². The van der Waals surface area contributed by atoms with Gasteiger partial charge in [-0.2, -0.15) is 0 Å². The van der Waals surface area contributed by atoms with E-state index in [1.807, 2.05) is 24.3 Å². The summed E-state index contributed by atoms with van der Waals surface area (Å²) in [6.07, 6.45) is 1.67. The number of carbonyl (C=O) groups is 2. The van der Waals surface area contributed by atoms with Crippen molar-refractivity contribution in [2.45, 2.75) is 6.54 Å². The van der Waals surface area contributed by atoms with Gasteiger partial charge in [0.15, 0.2) is 11.5 Å². The molecule has 0 bridgehead atoms. The fraction of sp³-hybridized carbons (Fsp3) is 0.0500. The second-order valence-electron chi connectivity index (χ2n) is 6.40. The predicted molar refractivity (Wildman–Crippen MR) is 108 cm³/mol. The maximum absolute atomic E-state index is 12.5. The molecule has 2 aromatic carbocycles. The van der Waals surface area contributed by atoms with Crippen molar-refractivity contribution in [3.05, 3.63) is 77.6 Å². The first-order chi connectivity index (χ1) is 14.6. The summed E-state index contributed by atoms with van der Waals surface area (Å²) >= 11 is 0. The van der Waals surface area contributed by atoms with Crippen molar-refractivity contribution in [1.29, 1.82) is 0 Å². The van der Waals surface area contributed by atoms with Crippen molar-refractivity contribution < 1.29 is 14.8 Å². The second kappa shape index (κ2) is 7.97. The predicted octanol–water partition coefficient (Wildman–Crippen LogP) is 1.45. The van der Waals surface area contributed by atoms with Crippen molar-refractivity contribution in [3.8, 4) is 5.69 Å². The van der Waals surface area contributed by atoms with Crippen LogP contribution in [0.5, 0.6) is 0 Å². The van der Waals surface area contributed by atoms with E-state index in [-0.39, 0.29) is 18.1 Å². The lowest BCUT2D eigenvalue weighted by Crippen LogP contribution is -2.24. The van der Waals surface area contributed by atoms with Crippen LogP contribution in [0.1, 0.15) is 26.4 Å². The molecule has 0 unspecified atom stereocenters. The van der Waals surface area contributed by atoms with Crippen LogP contribution in [-0.4, -0.2) is 37.0 Å². The molecule has 5 N–H and O–H groups in total. The van der Waals surface area contributed by atoms with Crippen molar-refractivity contribution in [3.63, 3.8) is 0 Å². The number of rotatable bonds is 5. The van der Waals surface area contributed by atoms with Gasteiger partial charge < -0.3 is 11.1 Å². The lowest BCUT2D eigenvalue weighted by molar-refractivity contribution is 0.0706. The van der Waals surface area contributed by atoms with Gasteiger partial charge in [-0.25, -0.2) is 5.48 Å². The van der Waals surface area contributed by atoms with Crippen LogP contribution in [-0.2, 0) is 6.54 Å². The zero-order chi connectivity index (χ0) is 21.1. The number of carbonyl (C=O) groups excluding carboxylic acids is 2. The Morgan fingerprint density at radius 1 is 1.00 bits per heavy atom. The number of pyridine rings is 1. The molecular weight excluding hydrogens is 386 g/mol. The molecule has 2 aromatic heterocycles. The molecule has 0 aliphatic rings. The number of fused-ring (bicyclic) bond motifs is 1. The van der Waals surface area contributed by atoms with Gasteiger partial charge in [0.1, 0.15) is 5.69 Å². The maximum atomic E-state index is 12.5. The summed E-state index contributed by atoms with van der Waals surface area (Å²) in [7, 11) is 0. The van der Waals surface area contributed by atoms with E-state index < -0.39 is 11.8 Å². The van der Waals surface area contributed by atoms with Crippen LogP contribution in [0.25, 0.3) is 16.6 Å². The van der Waals surface area contributed by atoms with E-state index in [2.05, 4.69) is 20.5 Å². The Kier molecular flexibility index (Phi) is 5.06. The molecule has 0 atom stereocenters. The summed E-state index contributed by atoms with van der Waals surface area (Å²) in [6.45, 7) is 0.196. The number of nitrogen functional groups attached to an aromatic ring is 1. The third kappa shape index (κ3) is 3.66. The first-order valence-electron chi connectivity index (χ1n) is 8.95. The molecule has 0 aliphatic heterocycles. The van der Waals surface area contributed by atoms with Gasteiger partial charge in [-0.1, -0.05) is 30.3 Å². The van der Waals surface area contributed by atoms with Crippen molar-refractivity contribution >= 4 is 28.5 Å². The molecule has 2 amide bonds. The van der Waals surface area contributed by atoms with Crippen LogP contribution in [0.15, 0.2) is 60.8 Å². The summed E-state index contributed by atoms with van der Waals surface area (Å²) in [6, 6.07) is 15.7. The minimum atomic E-state index is -0.613. The van der Waals surface area contributed by atoms with Crippen LogP contribution >= 0.6 is 0 Å². The van der Waals surface area contributed by atoms with E-state index in [0.717, 1.165) is 10.9 Å². The van der Waals surface area contributed by atoms with Gasteiger partial charge in [0, 0.05) is 23.7 Å². The lowest BCUT2D eigenvalue weighted by atomic mass is 10.1. The third-order valence-electron chi connectivity index (χ3n) is 4.45. The SMILES string of the molecule is Nc1nn(-c2cccc3cccnc23)nc1C(=O)NCc1ccc(C(=O)NO)cc1. The Hall–Kier alpha value is -4.31. The Bertz CT molecular complexity index is 1230. The van der Waals surface area contributed by atoms with E-state index in [0.29, 0.717) is 16.8 Å². The molecule has 0 saturated heterocycles. The zero-order valence-corrected chi connectivity index (χ0v) is 15.6. The van der Waals surface area contributed by atoms with Gasteiger partial charge in [-0.05, 0) is 29.8 Å². The normalized spacial score (nSPS) is 10.7. The van der Waals surface area contributed by atoms with E-state index in [1.165, 1.54) is 16.9 Å². The first-order valence-corrected chi connectivity index (χ1v) is 8.95. The van der Waals surface area contributed by atoms with Crippen LogP contribution in [0.3, 0.4) is 0 Å². The molecule has 4 aromatic rings. The standard InChI is InChI=1S/C20H17N7O3/c21-18-17(20(29)23-11-12-6-8-14(9-7-12)19(28)26-30)24-27(25-18)15-5-1-3-13-4-2-10-22-16(13)15/h1-10,30H,11H2,(H2,21,25)(H,23,29)(H,26,28). The van der Waals surface area contributed by atoms with Crippen LogP contribution in [0.2, 0.25) is 0 Å². The average Bonchev–Trinajstić information content (AvgIpc) is 3.18. The average molecular weight is 403 g/mol. The number of para-hydroxylation sites is 1. The van der Waals surface area contributed by atoms with Crippen molar-refractivity contribution in [2.24, 2.45) is 0 Å². The summed E-state index contributed by atoms with van der Waals surface area (Å²) in [4.78, 5) is 29.5. The van der Waals surface area contributed by atoms with Crippen LogP contribution in [0.4, 0.5) is 5.82 Å². The monoisotopic (exact) mass is 403 g/mol. The molecule has 0 spiro atoms. The molecule has 0 aliphatic carbocycles. The number of nitrogens with zero attached hydrogens (tertiary/aromatic N) is 4. The second-order valence-corrected chi connectivity index (χ2v) is 6.40. The molecule has 0 radical (unpaired) electrons. The number of aromatic nitrogens is 4. The summed E-state index contributed by atoms with van der Waals surface area (Å²) in [5.41, 5.74) is 9.82. The molecule has 10 heteroatoms. The fourth-order valence-corrected chi connectivity index (χ4v) is 2.94. The summed E-state index contributed by atoms with van der Waals surface area (Å²) in [5, 5.41) is 20.7. The molecule has 150 valence electrons. The van der Waals surface area contributed by atoms with Crippen LogP contribution in [0, 0.1) is 0 Å². The van der Waals surface area contributed by atoms with Crippen molar-refractivity contribution in [1.82, 2.24) is 30.8 Å². The van der Waals surface area contributed by atoms with E-state index in [9.17, 15) is 9.59 Å². The Labute approximate surface area is 170 Å². The quantitative estimate of drug-likeness (QED) is 0.291. The van der Waals surface area contributed by atoms with E-state index >= 15 is 0 Å². The number of hydrogen-bond donors (Lipinski definition) is 4. The zero-order valence-electron chi connectivity index (χ0n) is 15.6. The Morgan fingerprint density at radius 2 is 1.77 bits per heavy atom. The highest BCUT2D eigenvalue weighted by atomic mass is 16.5. The molecule has 2 heterocycles. The van der Waals surface area contributed by atoms with Gasteiger partial charge in [0.05, 0.1) is 5.52 Å². The maximum Gasteiger partial charge on any atom is 0.275 e. The number of amides is 2. The Balaban J connectivity index is 1.52. The third-order valence-corrected chi connectivity index (χ3v) is 4.45. The minimum absolute atomic E-state index is 0.000729. The van der Waals surface area contributed by atoms with Gasteiger partial charge in [-0.15, -0.1) is 15.0 Å². The Morgan fingerprint density at radius 3 is 2.53 bits per heavy atom. The molecule has 30 heavy (non-hydrogen) atoms. The summed E-state index contributed by atoms with van der Waals surface area (Å²) in [5.74, 6) is -1.10. The molecule has 4 rings (SSSR count). The van der Waals surface area contributed by atoms with Gasteiger partial charge in [-0.3, -0.25) is 19.8 Å². The number of hydroxylamine groups is 1. The smallest absolute Gasteiger partial charge is 0.275 e. The molecule has 0 fully saturated rings.